The fourth-order valence-corrected chi connectivity index (χ4v) is 1.99. The number of rotatable bonds is 5. The number of esters is 1. The summed E-state index contributed by atoms with van der Waals surface area (Å²) in [6, 6.07) is 9.51. The lowest BCUT2D eigenvalue weighted by molar-refractivity contribution is -0.144. The van der Waals surface area contributed by atoms with E-state index < -0.39 is 5.92 Å². The molecule has 0 aliphatic rings. The molecule has 0 fully saturated rings. The Bertz CT molecular complexity index is 537. The van der Waals surface area contributed by atoms with E-state index >= 15 is 0 Å². The fourth-order valence-electron chi connectivity index (χ4n) is 1.99. The van der Waals surface area contributed by atoms with Gasteiger partial charge >= 0.3 is 5.97 Å². The molecule has 0 amide bonds. The van der Waals surface area contributed by atoms with Gasteiger partial charge in [-0.05, 0) is 19.4 Å². The summed E-state index contributed by atoms with van der Waals surface area (Å²) in [5.74, 6) is -0.202. The van der Waals surface area contributed by atoms with Crippen LogP contribution in [-0.4, -0.2) is 27.3 Å². The lowest BCUT2D eigenvalue weighted by atomic mass is 9.98. The van der Waals surface area contributed by atoms with Crippen LogP contribution in [0.3, 0.4) is 0 Å². The molecule has 5 nitrogen and oxygen atoms in total. The standard InChI is InChI=1S/C14H17N3O2/c1-3-17-10-15-16-13(17)12(14(18)19-4-2)11-8-6-5-7-9-11/h5-10,12H,3-4H2,1-2H3. The number of hydrogen-bond donors (Lipinski definition) is 0. The Kier molecular flexibility index (Phi) is 4.28. The second-order valence-electron chi connectivity index (χ2n) is 4.07. The molecule has 0 N–H and O–H groups in total. The minimum atomic E-state index is -0.524. The lowest BCUT2D eigenvalue weighted by Gasteiger charge is -2.15. The zero-order valence-electron chi connectivity index (χ0n) is 11.1. The van der Waals surface area contributed by atoms with Crippen LogP contribution in [0.2, 0.25) is 0 Å². The molecule has 5 heteroatoms. The van der Waals surface area contributed by atoms with Gasteiger partial charge in [0, 0.05) is 6.54 Å². The first-order valence-electron chi connectivity index (χ1n) is 6.37. The summed E-state index contributed by atoms with van der Waals surface area (Å²) in [6.07, 6.45) is 1.63. The number of carbonyl (C=O) groups excluding carboxylic acids is 1. The number of ether oxygens (including phenoxy) is 1. The van der Waals surface area contributed by atoms with Gasteiger partial charge in [-0.25, -0.2) is 0 Å². The van der Waals surface area contributed by atoms with Crippen molar-refractivity contribution in [1.29, 1.82) is 0 Å². The first-order valence-corrected chi connectivity index (χ1v) is 6.37. The molecule has 0 aliphatic carbocycles. The van der Waals surface area contributed by atoms with Crippen molar-refractivity contribution in [3.05, 3.63) is 48.0 Å². The quantitative estimate of drug-likeness (QED) is 0.770. The van der Waals surface area contributed by atoms with Crippen LogP contribution in [0.1, 0.15) is 31.2 Å². The Balaban J connectivity index is 2.43. The van der Waals surface area contributed by atoms with Crippen molar-refractivity contribution in [3.63, 3.8) is 0 Å². The van der Waals surface area contributed by atoms with Gasteiger partial charge in [0.25, 0.3) is 0 Å². The second-order valence-corrected chi connectivity index (χ2v) is 4.07. The molecule has 1 aromatic heterocycles. The van der Waals surface area contributed by atoms with E-state index in [0.29, 0.717) is 19.0 Å². The molecule has 0 aliphatic heterocycles. The smallest absolute Gasteiger partial charge is 0.321 e. The zero-order chi connectivity index (χ0) is 13.7. The van der Waals surface area contributed by atoms with Crippen molar-refractivity contribution in [1.82, 2.24) is 14.8 Å². The monoisotopic (exact) mass is 259 g/mol. The van der Waals surface area contributed by atoms with Crippen LogP contribution in [0.15, 0.2) is 36.7 Å². The van der Waals surface area contributed by atoms with Crippen LogP contribution in [0.5, 0.6) is 0 Å². The van der Waals surface area contributed by atoms with Crippen molar-refractivity contribution >= 4 is 5.97 Å². The average molecular weight is 259 g/mol. The van der Waals surface area contributed by atoms with E-state index in [0.717, 1.165) is 5.56 Å². The van der Waals surface area contributed by atoms with Gasteiger partial charge in [0.15, 0.2) is 5.82 Å². The summed E-state index contributed by atoms with van der Waals surface area (Å²) in [5, 5.41) is 7.97. The van der Waals surface area contributed by atoms with Crippen molar-refractivity contribution in [3.8, 4) is 0 Å². The third-order valence-corrected chi connectivity index (χ3v) is 2.90. The first-order chi connectivity index (χ1) is 9.27. The molecule has 0 saturated heterocycles. The highest BCUT2D eigenvalue weighted by atomic mass is 16.5. The molecule has 1 heterocycles. The Labute approximate surface area is 112 Å². The normalized spacial score (nSPS) is 12.1. The number of hydrogen-bond acceptors (Lipinski definition) is 4. The molecule has 100 valence electrons. The van der Waals surface area contributed by atoms with Gasteiger partial charge in [0.2, 0.25) is 0 Å². The molecule has 2 aromatic rings. The van der Waals surface area contributed by atoms with E-state index in [1.54, 1.807) is 13.3 Å². The molecule has 0 radical (unpaired) electrons. The van der Waals surface area contributed by atoms with Gasteiger partial charge in [-0.15, -0.1) is 10.2 Å². The molecule has 1 aromatic carbocycles. The molecular weight excluding hydrogens is 242 g/mol. The largest absolute Gasteiger partial charge is 0.465 e. The summed E-state index contributed by atoms with van der Waals surface area (Å²) in [7, 11) is 0. The number of aryl methyl sites for hydroxylation is 1. The zero-order valence-corrected chi connectivity index (χ0v) is 11.1. The summed E-state index contributed by atoms with van der Waals surface area (Å²) in [6.45, 7) is 4.85. The molecule has 19 heavy (non-hydrogen) atoms. The van der Waals surface area contributed by atoms with Crippen LogP contribution in [0.25, 0.3) is 0 Å². The SMILES string of the molecule is CCOC(=O)C(c1ccccc1)c1nncn1CC. The molecule has 1 unspecified atom stereocenters. The third-order valence-electron chi connectivity index (χ3n) is 2.90. The topological polar surface area (TPSA) is 57.0 Å². The molecule has 0 bridgehead atoms. The van der Waals surface area contributed by atoms with E-state index in [1.807, 2.05) is 41.8 Å². The van der Waals surface area contributed by atoms with Crippen LogP contribution >= 0.6 is 0 Å². The molecule has 1 atom stereocenters. The van der Waals surface area contributed by atoms with Gasteiger partial charge in [-0.1, -0.05) is 30.3 Å². The first kappa shape index (κ1) is 13.3. The number of carbonyl (C=O) groups is 1. The van der Waals surface area contributed by atoms with Gasteiger partial charge in [0.05, 0.1) is 6.61 Å². The number of aromatic nitrogens is 3. The maximum Gasteiger partial charge on any atom is 0.321 e. The highest BCUT2D eigenvalue weighted by Crippen LogP contribution is 2.24. The third kappa shape index (κ3) is 2.81. The molecular formula is C14H17N3O2. The van der Waals surface area contributed by atoms with Crippen molar-refractivity contribution in [2.45, 2.75) is 26.3 Å². The Morgan fingerprint density at radius 1 is 1.32 bits per heavy atom. The Morgan fingerprint density at radius 3 is 2.68 bits per heavy atom. The van der Waals surface area contributed by atoms with Gasteiger partial charge < -0.3 is 9.30 Å². The van der Waals surface area contributed by atoms with E-state index in [4.69, 9.17) is 4.74 Å². The molecule has 0 saturated carbocycles. The van der Waals surface area contributed by atoms with Crippen LogP contribution < -0.4 is 0 Å². The van der Waals surface area contributed by atoms with Gasteiger partial charge in [-0.2, -0.15) is 0 Å². The van der Waals surface area contributed by atoms with Crippen molar-refractivity contribution in [2.24, 2.45) is 0 Å². The molecule has 2 rings (SSSR count). The molecule has 0 spiro atoms. The van der Waals surface area contributed by atoms with Crippen LogP contribution in [-0.2, 0) is 16.1 Å². The summed E-state index contributed by atoms with van der Waals surface area (Å²) < 4.78 is 7.02. The van der Waals surface area contributed by atoms with Gasteiger partial charge in [-0.3, -0.25) is 4.79 Å². The highest BCUT2D eigenvalue weighted by Gasteiger charge is 2.28. The Morgan fingerprint density at radius 2 is 2.05 bits per heavy atom. The predicted molar refractivity (Wildman–Crippen MR) is 70.6 cm³/mol. The van der Waals surface area contributed by atoms with E-state index in [-0.39, 0.29) is 5.97 Å². The summed E-state index contributed by atoms with van der Waals surface area (Å²) >= 11 is 0. The van der Waals surface area contributed by atoms with Crippen molar-refractivity contribution in [2.75, 3.05) is 6.61 Å². The predicted octanol–water partition coefficient (Wildman–Crippen LogP) is 1.99. The van der Waals surface area contributed by atoms with Crippen LogP contribution in [0.4, 0.5) is 0 Å². The summed E-state index contributed by atoms with van der Waals surface area (Å²) in [5.41, 5.74) is 0.864. The van der Waals surface area contributed by atoms with E-state index in [1.165, 1.54) is 0 Å². The Hall–Kier alpha value is -2.17. The second kappa shape index (κ2) is 6.13. The number of benzene rings is 1. The van der Waals surface area contributed by atoms with Crippen molar-refractivity contribution < 1.29 is 9.53 Å². The fraction of sp³-hybridized carbons (Fsp3) is 0.357. The highest BCUT2D eigenvalue weighted by molar-refractivity contribution is 5.81. The van der Waals surface area contributed by atoms with E-state index in [9.17, 15) is 4.79 Å². The maximum absolute atomic E-state index is 12.2. The maximum atomic E-state index is 12.2. The van der Waals surface area contributed by atoms with Gasteiger partial charge in [0.1, 0.15) is 12.2 Å². The van der Waals surface area contributed by atoms with E-state index in [2.05, 4.69) is 10.2 Å². The van der Waals surface area contributed by atoms with Crippen LogP contribution in [0, 0.1) is 0 Å². The summed E-state index contributed by atoms with van der Waals surface area (Å²) in [4.78, 5) is 12.2. The minimum absolute atomic E-state index is 0.295. The number of nitrogens with zero attached hydrogens (tertiary/aromatic N) is 3. The minimum Gasteiger partial charge on any atom is -0.465 e. The average Bonchev–Trinajstić information content (AvgIpc) is 2.89. The lowest BCUT2D eigenvalue weighted by Crippen LogP contribution is -2.21.